The zero-order chi connectivity index (χ0) is 15.9. The minimum Gasteiger partial charge on any atom is -0.481 e. The third kappa shape index (κ3) is 4.31. The molecule has 2 N–H and O–H groups in total. The molecule has 0 unspecified atom stereocenters. The molecule has 1 aliphatic rings. The maximum atomic E-state index is 12.1. The van der Waals surface area contributed by atoms with Crippen LogP contribution in [0.1, 0.15) is 29.6 Å². The zero-order valence-corrected chi connectivity index (χ0v) is 12.3. The predicted molar refractivity (Wildman–Crippen MR) is 80.3 cm³/mol. The number of likely N-dealkylation sites (tertiary alicyclic amines) is 1. The van der Waals surface area contributed by atoms with Gasteiger partial charge in [0.15, 0.2) is 0 Å². The maximum absolute atomic E-state index is 12.1. The normalized spacial score (nSPS) is 17.8. The summed E-state index contributed by atoms with van der Waals surface area (Å²) >= 11 is 0. The van der Waals surface area contributed by atoms with Crippen molar-refractivity contribution in [2.24, 2.45) is 5.92 Å². The quantitative estimate of drug-likeness (QED) is 0.853. The van der Waals surface area contributed by atoms with E-state index in [1.165, 1.54) is 0 Å². The van der Waals surface area contributed by atoms with Crippen molar-refractivity contribution < 1.29 is 19.5 Å². The van der Waals surface area contributed by atoms with Gasteiger partial charge in [0.2, 0.25) is 5.91 Å². The summed E-state index contributed by atoms with van der Waals surface area (Å²) in [4.78, 5) is 36.5. The first-order valence-corrected chi connectivity index (χ1v) is 7.42. The molecule has 6 nitrogen and oxygen atoms in total. The molecular formula is C16H20N2O4. The second kappa shape index (κ2) is 7.59. The number of carboxylic acid groups (broad SMARTS) is 1. The van der Waals surface area contributed by atoms with Gasteiger partial charge in [0.1, 0.15) is 0 Å². The minimum absolute atomic E-state index is 0.112. The molecule has 1 aromatic carbocycles. The molecule has 1 saturated heterocycles. The van der Waals surface area contributed by atoms with Crippen LogP contribution in [-0.4, -0.2) is 47.4 Å². The van der Waals surface area contributed by atoms with Gasteiger partial charge in [0.05, 0.1) is 5.92 Å². The number of carbonyl (C=O) groups excluding carboxylic acids is 2. The Bertz CT molecular complexity index is 544. The van der Waals surface area contributed by atoms with E-state index in [0.717, 1.165) is 0 Å². The molecule has 0 aliphatic carbocycles. The van der Waals surface area contributed by atoms with Gasteiger partial charge in [0, 0.05) is 31.6 Å². The number of benzene rings is 1. The average molecular weight is 304 g/mol. The standard InChI is InChI=1S/C16H20N2O4/c19-14(18-10-4-7-13(11-18)16(21)22)8-9-17-15(20)12-5-2-1-3-6-12/h1-3,5-6,13H,4,7-11H2,(H,17,20)(H,21,22)/t13-/m1/s1. The molecule has 1 aromatic rings. The lowest BCUT2D eigenvalue weighted by Gasteiger charge is -2.30. The molecule has 1 fully saturated rings. The number of amides is 2. The topological polar surface area (TPSA) is 86.7 Å². The van der Waals surface area contributed by atoms with Crippen LogP contribution in [0.25, 0.3) is 0 Å². The fourth-order valence-corrected chi connectivity index (χ4v) is 2.54. The van der Waals surface area contributed by atoms with Gasteiger partial charge in [-0.25, -0.2) is 0 Å². The first-order valence-electron chi connectivity index (χ1n) is 7.42. The first kappa shape index (κ1) is 16.0. The van der Waals surface area contributed by atoms with Crippen LogP contribution in [0.5, 0.6) is 0 Å². The van der Waals surface area contributed by atoms with E-state index in [1.807, 2.05) is 6.07 Å². The lowest BCUT2D eigenvalue weighted by atomic mass is 9.98. The minimum atomic E-state index is -0.852. The second-order valence-electron chi connectivity index (χ2n) is 5.39. The Morgan fingerprint density at radius 1 is 1.23 bits per heavy atom. The Balaban J connectivity index is 1.76. The number of nitrogens with zero attached hydrogens (tertiary/aromatic N) is 1. The van der Waals surface area contributed by atoms with E-state index in [2.05, 4.69) is 5.32 Å². The van der Waals surface area contributed by atoms with Crippen molar-refractivity contribution in [2.45, 2.75) is 19.3 Å². The summed E-state index contributed by atoms with van der Waals surface area (Å²) < 4.78 is 0. The van der Waals surface area contributed by atoms with Gasteiger partial charge >= 0.3 is 5.97 Å². The number of aliphatic carboxylic acids is 1. The van der Waals surface area contributed by atoms with Gasteiger partial charge < -0.3 is 15.3 Å². The van der Waals surface area contributed by atoms with Crippen LogP contribution < -0.4 is 5.32 Å². The van der Waals surface area contributed by atoms with Crippen LogP contribution in [0.3, 0.4) is 0 Å². The lowest BCUT2D eigenvalue weighted by molar-refractivity contribution is -0.145. The molecular weight excluding hydrogens is 284 g/mol. The smallest absolute Gasteiger partial charge is 0.308 e. The van der Waals surface area contributed by atoms with Crippen molar-refractivity contribution in [2.75, 3.05) is 19.6 Å². The summed E-state index contributed by atoms with van der Waals surface area (Å²) in [5.41, 5.74) is 0.555. The number of nitrogens with one attached hydrogen (secondary N) is 1. The highest BCUT2D eigenvalue weighted by Crippen LogP contribution is 2.17. The van der Waals surface area contributed by atoms with Crippen LogP contribution in [-0.2, 0) is 9.59 Å². The summed E-state index contributed by atoms with van der Waals surface area (Å²) in [7, 11) is 0. The zero-order valence-electron chi connectivity index (χ0n) is 12.3. The highest BCUT2D eigenvalue weighted by atomic mass is 16.4. The molecule has 22 heavy (non-hydrogen) atoms. The van der Waals surface area contributed by atoms with E-state index in [1.54, 1.807) is 29.2 Å². The average Bonchev–Trinajstić information content (AvgIpc) is 2.55. The number of piperidine rings is 1. The molecule has 0 radical (unpaired) electrons. The molecule has 0 saturated carbocycles. The van der Waals surface area contributed by atoms with E-state index < -0.39 is 11.9 Å². The molecule has 0 bridgehead atoms. The molecule has 0 aromatic heterocycles. The van der Waals surface area contributed by atoms with Gasteiger partial charge in [-0.05, 0) is 25.0 Å². The van der Waals surface area contributed by atoms with Crippen molar-refractivity contribution in [3.05, 3.63) is 35.9 Å². The molecule has 118 valence electrons. The van der Waals surface area contributed by atoms with Crippen molar-refractivity contribution in [1.29, 1.82) is 0 Å². The van der Waals surface area contributed by atoms with Crippen LogP contribution in [0, 0.1) is 5.92 Å². The van der Waals surface area contributed by atoms with Gasteiger partial charge in [-0.1, -0.05) is 18.2 Å². The summed E-state index contributed by atoms with van der Waals surface area (Å²) in [6.07, 6.45) is 1.51. The van der Waals surface area contributed by atoms with Gasteiger partial charge in [0.25, 0.3) is 5.91 Å². The van der Waals surface area contributed by atoms with Crippen molar-refractivity contribution in [3.63, 3.8) is 0 Å². The van der Waals surface area contributed by atoms with Crippen LogP contribution >= 0.6 is 0 Å². The van der Waals surface area contributed by atoms with E-state index in [9.17, 15) is 14.4 Å². The third-order valence-corrected chi connectivity index (χ3v) is 3.78. The summed E-state index contributed by atoms with van der Waals surface area (Å²) in [6, 6.07) is 8.80. The Kier molecular flexibility index (Phi) is 5.52. The number of hydrogen-bond donors (Lipinski definition) is 2. The molecule has 1 aliphatic heterocycles. The summed E-state index contributed by atoms with van der Waals surface area (Å²) in [5, 5.41) is 11.7. The lowest BCUT2D eigenvalue weighted by Crippen LogP contribution is -2.43. The predicted octanol–water partition coefficient (Wildman–Crippen LogP) is 1.13. The second-order valence-corrected chi connectivity index (χ2v) is 5.39. The van der Waals surface area contributed by atoms with Crippen molar-refractivity contribution >= 4 is 17.8 Å². The molecule has 1 atom stereocenters. The number of rotatable bonds is 5. The molecule has 2 amide bonds. The van der Waals surface area contributed by atoms with Crippen LogP contribution in [0.15, 0.2) is 30.3 Å². The van der Waals surface area contributed by atoms with Gasteiger partial charge in [-0.2, -0.15) is 0 Å². The Morgan fingerprint density at radius 2 is 1.95 bits per heavy atom. The highest BCUT2D eigenvalue weighted by Gasteiger charge is 2.27. The number of carbonyl (C=O) groups is 3. The highest BCUT2D eigenvalue weighted by molar-refractivity contribution is 5.94. The Morgan fingerprint density at radius 3 is 2.64 bits per heavy atom. The SMILES string of the molecule is O=C(NCCC(=O)N1CCC[C@@H](C(=O)O)C1)c1ccccc1. The molecule has 6 heteroatoms. The van der Waals surface area contributed by atoms with Gasteiger partial charge in [-0.3, -0.25) is 14.4 Å². The fraction of sp³-hybridized carbons (Fsp3) is 0.438. The number of hydrogen-bond acceptors (Lipinski definition) is 3. The molecule has 1 heterocycles. The van der Waals surface area contributed by atoms with Crippen LogP contribution in [0.2, 0.25) is 0 Å². The van der Waals surface area contributed by atoms with Crippen LogP contribution in [0.4, 0.5) is 0 Å². The summed E-state index contributed by atoms with van der Waals surface area (Å²) in [6.45, 7) is 1.11. The van der Waals surface area contributed by atoms with Crippen molar-refractivity contribution in [3.8, 4) is 0 Å². The van der Waals surface area contributed by atoms with E-state index in [-0.39, 0.29) is 31.3 Å². The first-order chi connectivity index (χ1) is 10.6. The number of carboxylic acids is 1. The molecule has 2 rings (SSSR count). The largest absolute Gasteiger partial charge is 0.481 e. The summed E-state index contributed by atoms with van der Waals surface area (Å²) in [5.74, 6) is -1.65. The molecule has 0 spiro atoms. The van der Waals surface area contributed by atoms with E-state index in [0.29, 0.717) is 24.9 Å². The Labute approximate surface area is 129 Å². The monoisotopic (exact) mass is 304 g/mol. The fourth-order valence-electron chi connectivity index (χ4n) is 2.54. The Hall–Kier alpha value is -2.37. The maximum Gasteiger partial charge on any atom is 0.308 e. The van der Waals surface area contributed by atoms with E-state index >= 15 is 0 Å². The third-order valence-electron chi connectivity index (χ3n) is 3.78. The van der Waals surface area contributed by atoms with E-state index in [4.69, 9.17) is 5.11 Å². The van der Waals surface area contributed by atoms with Crippen molar-refractivity contribution in [1.82, 2.24) is 10.2 Å². The van der Waals surface area contributed by atoms with Gasteiger partial charge in [-0.15, -0.1) is 0 Å².